The summed E-state index contributed by atoms with van der Waals surface area (Å²) in [6.45, 7) is 6.86. The lowest BCUT2D eigenvalue weighted by Gasteiger charge is -2.43. The SMILES string of the molecule is CC[C@H]1CN(Cc2ccccc2)C[C@@]2(CCOC2)O1. The summed E-state index contributed by atoms with van der Waals surface area (Å²) in [7, 11) is 0. The fourth-order valence-corrected chi connectivity index (χ4v) is 3.17. The Bertz CT molecular complexity index is 400. The number of nitrogens with zero attached hydrogens (tertiary/aromatic N) is 1. The van der Waals surface area contributed by atoms with E-state index >= 15 is 0 Å². The standard InChI is InChI=1S/C16H23NO2/c1-2-15-11-17(10-14-6-4-3-5-7-14)12-16(19-15)8-9-18-13-16/h3-7,15H,2,8-13H2,1H3/t15-,16+/m0/s1. The molecule has 1 aromatic rings. The molecule has 2 fully saturated rings. The van der Waals surface area contributed by atoms with Gasteiger partial charge in [0, 0.05) is 32.7 Å². The number of hydrogen-bond acceptors (Lipinski definition) is 3. The topological polar surface area (TPSA) is 21.7 Å². The molecule has 0 unspecified atom stereocenters. The van der Waals surface area contributed by atoms with Gasteiger partial charge < -0.3 is 9.47 Å². The first-order chi connectivity index (χ1) is 9.30. The zero-order valence-electron chi connectivity index (χ0n) is 11.7. The van der Waals surface area contributed by atoms with Crippen LogP contribution in [0.5, 0.6) is 0 Å². The van der Waals surface area contributed by atoms with Gasteiger partial charge >= 0.3 is 0 Å². The third kappa shape index (κ3) is 2.99. The zero-order valence-corrected chi connectivity index (χ0v) is 11.7. The maximum atomic E-state index is 6.29. The average molecular weight is 261 g/mol. The van der Waals surface area contributed by atoms with Crippen LogP contribution >= 0.6 is 0 Å². The highest BCUT2D eigenvalue weighted by Gasteiger charge is 2.43. The molecular formula is C16H23NO2. The highest BCUT2D eigenvalue weighted by Crippen LogP contribution is 2.31. The molecule has 2 aliphatic heterocycles. The van der Waals surface area contributed by atoms with Gasteiger partial charge in [0.15, 0.2) is 0 Å². The van der Waals surface area contributed by atoms with Crippen molar-refractivity contribution in [3.8, 4) is 0 Å². The van der Waals surface area contributed by atoms with Gasteiger partial charge in [-0.05, 0) is 12.0 Å². The van der Waals surface area contributed by atoms with Gasteiger partial charge in [0.2, 0.25) is 0 Å². The summed E-state index contributed by atoms with van der Waals surface area (Å²) in [6, 6.07) is 10.7. The van der Waals surface area contributed by atoms with Crippen molar-refractivity contribution in [3.63, 3.8) is 0 Å². The van der Waals surface area contributed by atoms with Crippen LogP contribution in [-0.2, 0) is 16.0 Å². The van der Waals surface area contributed by atoms with Crippen LogP contribution in [0.25, 0.3) is 0 Å². The molecule has 0 aromatic heterocycles. The summed E-state index contributed by atoms with van der Waals surface area (Å²) in [5.74, 6) is 0. The van der Waals surface area contributed by atoms with E-state index in [1.165, 1.54) is 5.56 Å². The van der Waals surface area contributed by atoms with E-state index in [9.17, 15) is 0 Å². The van der Waals surface area contributed by atoms with Crippen LogP contribution < -0.4 is 0 Å². The third-order valence-electron chi connectivity index (χ3n) is 4.16. The van der Waals surface area contributed by atoms with Crippen molar-refractivity contribution < 1.29 is 9.47 Å². The summed E-state index contributed by atoms with van der Waals surface area (Å²) >= 11 is 0. The summed E-state index contributed by atoms with van der Waals surface area (Å²) < 4.78 is 11.9. The Hall–Kier alpha value is -0.900. The minimum atomic E-state index is -0.0479. The highest BCUT2D eigenvalue weighted by molar-refractivity contribution is 5.14. The predicted octanol–water partition coefficient (Wildman–Crippen LogP) is 2.46. The van der Waals surface area contributed by atoms with Gasteiger partial charge in [-0.15, -0.1) is 0 Å². The number of rotatable bonds is 3. The van der Waals surface area contributed by atoms with Crippen molar-refractivity contribution in [2.24, 2.45) is 0 Å². The summed E-state index contributed by atoms with van der Waals surface area (Å²) in [5, 5.41) is 0. The maximum absolute atomic E-state index is 6.29. The Morgan fingerprint density at radius 2 is 2.16 bits per heavy atom. The highest BCUT2D eigenvalue weighted by atomic mass is 16.6. The molecule has 1 spiro atoms. The summed E-state index contributed by atoms with van der Waals surface area (Å²) in [4.78, 5) is 2.53. The molecule has 0 aliphatic carbocycles. The fraction of sp³-hybridized carbons (Fsp3) is 0.625. The molecule has 2 atom stereocenters. The molecule has 2 saturated heterocycles. The Kier molecular flexibility index (Phi) is 3.87. The van der Waals surface area contributed by atoms with Gasteiger partial charge in [-0.2, -0.15) is 0 Å². The Labute approximate surface area is 115 Å². The molecule has 0 N–H and O–H groups in total. The van der Waals surface area contributed by atoms with Gasteiger partial charge in [0.25, 0.3) is 0 Å². The molecule has 3 rings (SSSR count). The normalized spacial score (nSPS) is 31.9. The Balaban J connectivity index is 1.70. The van der Waals surface area contributed by atoms with Gasteiger partial charge in [-0.1, -0.05) is 37.3 Å². The van der Waals surface area contributed by atoms with E-state index in [4.69, 9.17) is 9.47 Å². The molecule has 0 amide bonds. The molecule has 1 aromatic carbocycles. The third-order valence-corrected chi connectivity index (χ3v) is 4.16. The van der Waals surface area contributed by atoms with Crippen molar-refractivity contribution in [3.05, 3.63) is 35.9 Å². The first-order valence-corrected chi connectivity index (χ1v) is 7.31. The maximum Gasteiger partial charge on any atom is 0.107 e. The predicted molar refractivity (Wildman–Crippen MR) is 75.1 cm³/mol. The van der Waals surface area contributed by atoms with Crippen molar-refractivity contribution in [2.75, 3.05) is 26.3 Å². The van der Waals surface area contributed by atoms with E-state index in [1.807, 2.05) is 0 Å². The van der Waals surface area contributed by atoms with E-state index < -0.39 is 0 Å². The lowest BCUT2D eigenvalue weighted by Crippen LogP contribution is -2.55. The van der Waals surface area contributed by atoms with E-state index in [2.05, 4.69) is 42.2 Å². The van der Waals surface area contributed by atoms with Crippen LogP contribution in [0.4, 0.5) is 0 Å². The monoisotopic (exact) mass is 261 g/mol. The minimum Gasteiger partial charge on any atom is -0.378 e. The molecule has 0 saturated carbocycles. The van der Waals surface area contributed by atoms with Crippen LogP contribution in [0.2, 0.25) is 0 Å². The Morgan fingerprint density at radius 1 is 1.32 bits per heavy atom. The van der Waals surface area contributed by atoms with E-state index in [0.717, 1.165) is 45.7 Å². The van der Waals surface area contributed by atoms with E-state index in [-0.39, 0.29) is 5.60 Å². The minimum absolute atomic E-state index is 0.0479. The molecule has 0 bridgehead atoms. The second kappa shape index (κ2) is 5.61. The zero-order chi connectivity index (χ0) is 13.1. The number of morpholine rings is 1. The van der Waals surface area contributed by atoms with Gasteiger partial charge in [-0.25, -0.2) is 0 Å². The van der Waals surface area contributed by atoms with Crippen molar-refractivity contribution in [1.82, 2.24) is 4.90 Å². The van der Waals surface area contributed by atoms with Crippen LogP contribution in [-0.4, -0.2) is 42.9 Å². The quantitative estimate of drug-likeness (QED) is 0.834. The largest absolute Gasteiger partial charge is 0.378 e. The van der Waals surface area contributed by atoms with Gasteiger partial charge in [0.1, 0.15) is 5.60 Å². The molecule has 104 valence electrons. The first-order valence-electron chi connectivity index (χ1n) is 7.31. The number of ether oxygens (including phenoxy) is 2. The molecular weight excluding hydrogens is 238 g/mol. The second-order valence-electron chi connectivity index (χ2n) is 5.79. The smallest absolute Gasteiger partial charge is 0.107 e. The van der Waals surface area contributed by atoms with Crippen molar-refractivity contribution in [2.45, 2.75) is 38.0 Å². The Morgan fingerprint density at radius 3 is 2.84 bits per heavy atom. The molecule has 2 heterocycles. The van der Waals surface area contributed by atoms with E-state index in [1.54, 1.807) is 0 Å². The average Bonchev–Trinajstić information content (AvgIpc) is 2.87. The summed E-state index contributed by atoms with van der Waals surface area (Å²) in [5.41, 5.74) is 1.33. The van der Waals surface area contributed by atoms with Crippen LogP contribution in [0.15, 0.2) is 30.3 Å². The van der Waals surface area contributed by atoms with Crippen LogP contribution in [0.3, 0.4) is 0 Å². The molecule has 3 nitrogen and oxygen atoms in total. The van der Waals surface area contributed by atoms with E-state index in [0.29, 0.717) is 6.10 Å². The lowest BCUT2D eigenvalue weighted by molar-refractivity contribution is -0.156. The molecule has 3 heteroatoms. The van der Waals surface area contributed by atoms with Crippen LogP contribution in [0.1, 0.15) is 25.3 Å². The van der Waals surface area contributed by atoms with Crippen molar-refractivity contribution in [1.29, 1.82) is 0 Å². The fourth-order valence-electron chi connectivity index (χ4n) is 3.17. The molecule has 2 aliphatic rings. The molecule has 0 radical (unpaired) electrons. The number of benzene rings is 1. The van der Waals surface area contributed by atoms with Gasteiger partial charge in [-0.3, -0.25) is 4.90 Å². The number of hydrogen-bond donors (Lipinski definition) is 0. The first kappa shape index (κ1) is 13.1. The van der Waals surface area contributed by atoms with Gasteiger partial charge in [0.05, 0.1) is 12.7 Å². The van der Waals surface area contributed by atoms with Crippen molar-refractivity contribution >= 4 is 0 Å². The van der Waals surface area contributed by atoms with Crippen LogP contribution in [0, 0.1) is 0 Å². The molecule has 19 heavy (non-hydrogen) atoms. The summed E-state index contributed by atoms with van der Waals surface area (Å²) in [6.07, 6.45) is 2.46. The lowest BCUT2D eigenvalue weighted by atomic mass is 9.98. The second-order valence-corrected chi connectivity index (χ2v) is 5.79.